The van der Waals surface area contributed by atoms with Crippen LogP contribution < -0.4 is 0 Å². The Bertz CT molecular complexity index is 1010. The monoisotopic (exact) mass is 550 g/mol. The van der Waals surface area contributed by atoms with Crippen LogP contribution in [0.2, 0.25) is 0 Å². The Morgan fingerprint density at radius 1 is 0.926 bits per heavy atom. The molecule has 0 spiro atoms. The van der Waals surface area contributed by atoms with Crippen LogP contribution in [0.3, 0.4) is 0 Å². The highest BCUT2D eigenvalue weighted by molar-refractivity contribution is 9.11. The molecular weight excluding hydrogens is 540 g/mol. The van der Waals surface area contributed by atoms with Crippen LogP contribution in [0.1, 0.15) is 34.1 Å². The average molecular weight is 553 g/mol. The third kappa shape index (κ3) is 3.95. The maximum Gasteiger partial charge on any atom is 0.310 e. The highest BCUT2D eigenvalue weighted by Gasteiger charge is 2.34. The van der Waals surface area contributed by atoms with Crippen LogP contribution in [-0.4, -0.2) is 16.6 Å². The third-order valence-electron chi connectivity index (χ3n) is 4.33. The van der Waals surface area contributed by atoms with Gasteiger partial charge in [-0.25, -0.2) is 5.01 Å². The summed E-state index contributed by atoms with van der Waals surface area (Å²) in [6.07, 6.45) is 0.636. The quantitative estimate of drug-likeness (QED) is 0.369. The maximum absolute atomic E-state index is 13.0. The molecule has 0 N–H and O–H groups in total. The minimum absolute atomic E-state index is 0.187. The first kappa shape index (κ1) is 18.7. The molecule has 1 amide bonds. The number of hydrazone groups is 1. The summed E-state index contributed by atoms with van der Waals surface area (Å²) in [4.78, 5) is 13.0. The van der Waals surface area contributed by atoms with E-state index in [-0.39, 0.29) is 17.7 Å². The second kappa shape index (κ2) is 7.73. The Balaban J connectivity index is 1.72. The molecule has 0 radical (unpaired) electrons. The molecule has 4 nitrogen and oxygen atoms in total. The molecule has 7 heteroatoms. The first-order valence-corrected chi connectivity index (χ1v) is 10.6. The van der Waals surface area contributed by atoms with Crippen LogP contribution in [-0.2, 0) is 0 Å². The van der Waals surface area contributed by atoms with Crippen molar-refractivity contribution in [2.24, 2.45) is 5.10 Å². The number of carbonyl (C=O) groups excluding carboxylic acids is 1. The molecule has 2 aromatic carbocycles. The van der Waals surface area contributed by atoms with Crippen molar-refractivity contribution >= 4 is 59.4 Å². The summed E-state index contributed by atoms with van der Waals surface area (Å²) in [5, 5.41) is 6.17. The molecule has 2 heterocycles. The Morgan fingerprint density at radius 2 is 1.56 bits per heavy atom. The molecule has 0 saturated heterocycles. The number of benzene rings is 2. The van der Waals surface area contributed by atoms with Gasteiger partial charge in [0.2, 0.25) is 0 Å². The molecule has 136 valence electrons. The molecule has 0 bridgehead atoms. The maximum atomic E-state index is 13.0. The lowest BCUT2D eigenvalue weighted by atomic mass is 9.98. The van der Waals surface area contributed by atoms with Crippen molar-refractivity contribution in [2.45, 2.75) is 12.5 Å². The second-order valence-electron chi connectivity index (χ2n) is 6.08. The number of halogens is 3. The highest BCUT2D eigenvalue weighted by Crippen LogP contribution is 2.35. The van der Waals surface area contributed by atoms with Crippen molar-refractivity contribution in [3.63, 3.8) is 0 Å². The van der Waals surface area contributed by atoms with E-state index in [9.17, 15) is 4.79 Å². The number of nitrogens with zero attached hydrogens (tertiary/aromatic N) is 2. The number of hydrogen-bond acceptors (Lipinski definition) is 3. The smallest absolute Gasteiger partial charge is 0.310 e. The normalized spacial score (nSPS) is 16.5. The first-order chi connectivity index (χ1) is 13.0. The molecule has 3 aromatic rings. The second-order valence-corrected chi connectivity index (χ2v) is 8.69. The van der Waals surface area contributed by atoms with E-state index in [1.807, 2.05) is 48.5 Å². The van der Waals surface area contributed by atoms with E-state index in [1.54, 1.807) is 12.1 Å². The van der Waals surface area contributed by atoms with Gasteiger partial charge in [0.1, 0.15) is 0 Å². The summed E-state index contributed by atoms with van der Waals surface area (Å²) in [5.41, 5.74) is 2.89. The fraction of sp³-hybridized carbons (Fsp3) is 0.100. The van der Waals surface area contributed by atoms with Gasteiger partial charge in [-0.15, -0.1) is 0 Å². The van der Waals surface area contributed by atoms with Crippen LogP contribution >= 0.6 is 47.8 Å². The minimum atomic E-state index is -0.263. The number of hydrogen-bond donors (Lipinski definition) is 0. The van der Waals surface area contributed by atoms with Crippen molar-refractivity contribution in [3.8, 4) is 0 Å². The van der Waals surface area contributed by atoms with Crippen LogP contribution in [0.4, 0.5) is 0 Å². The zero-order chi connectivity index (χ0) is 19.0. The van der Waals surface area contributed by atoms with E-state index < -0.39 is 0 Å². The average Bonchev–Trinajstić information content (AvgIpc) is 3.29. The van der Waals surface area contributed by atoms with Crippen molar-refractivity contribution < 1.29 is 9.21 Å². The number of carbonyl (C=O) groups is 1. The van der Waals surface area contributed by atoms with Crippen LogP contribution in [0.15, 0.2) is 83.8 Å². The number of furan rings is 1. The molecule has 1 aliphatic heterocycles. The molecule has 0 saturated carbocycles. The van der Waals surface area contributed by atoms with Gasteiger partial charge in [0.15, 0.2) is 10.4 Å². The van der Waals surface area contributed by atoms with Gasteiger partial charge in [0, 0.05) is 15.4 Å². The minimum Gasteiger partial charge on any atom is -0.444 e. The fourth-order valence-electron chi connectivity index (χ4n) is 3.00. The van der Waals surface area contributed by atoms with Gasteiger partial charge in [0.05, 0.1) is 11.8 Å². The standard InChI is InChI=1S/C20H13Br3N2O2/c21-14-5-1-12(2-6-14)16-11-17(13-3-7-15(22)8-4-13)25(24-16)20(26)18-9-10-19(23)27-18/h1-10,17H,11H2. The van der Waals surface area contributed by atoms with Crippen LogP contribution in [0, 0.1) is 0 Å². The lowest BCUT2D eigenvalue weighted by molar-refractivity contribution is 0.0677. The Hall–Kier alpha value is -1.70. The Labute approximate surface area is 181 Å². The summed E-state index contributed by atoms with van der Waals surface area (Å²) in [5.74, 6) is -0.00877. The summed E-state index contributed by atoms with van der Waals surface area (Å²) in [6.45, 7) is 0. The molecule has 27 heavy (non-hydrogen) atoms. The lowest BCUT2D eigenvalue weighted by Gasteiger charge is -2.21. The fourth-order valence-corrected chi connectivity index (χ4v) is 3.84. The van der Waals surface area contributed by atoms with Gasteiger partial charge in [-0.2, -0.15) is 5.10 Å². The molecule has 0 aliphatic carbocycles. The zero-order valence-electron chi connectivity index (χ0n) is 13.9. The summed E-state index contributed by atoms with van der Waals surface area (Å²) < 4.78 is 7.97. The summed E-state index contributed by atoms with van der Waals surface area (Å²) >= 11 is 10.2. The van der Waals surface area contributed by atoms with E-state index in [1.165, 1.54) is 5.01 Å². The van der Waals surface area contributed by atoms with Crippen molar-refractivity contribution in [3.05, 3.63) is 91.2 Å². The van der Waals surface area contributed by atoms with Gasteiger partial charge in [-0.3, -0.25) is 4.79 Å². The van der Waals surface area contributed by atoms with Gasteiger partial charge in [0.25, 0.3) is 0 Å². The van der Waals surface area contributed by atoms with Gasteiger partial charge >= 0.3 is 5.91 Å². The van der Waals surface area contributed by atoms with E-state index in [0.29, 0.717) is 11.1 Å². The molecule has 1 unspecified atom stereocenters. The molecule has 1 atom stereocenters. The van der Waals surface area contributed by atoms with Crippen molar-refractivity contribution in [1.82, 2.24) is 5.01 Å². The molecular formula is C20H13Br3N2O2. The first-order valence-electron chi connectivity index (χ1n) is 8.19. The molecule has 0 fully saturated rings. The summed E-state index contributed by atoms with van der Waals surface area (Å²) in [6, 6.07) is 19.1. The van der Waals surface area contributed by atoms with Crippen molar-refractivity contribution in [2.75, 3.05) is 0 Å². The SMILES string of the molecule is O=C(c1ccc(Br)o1)N1N=C(c2ccc(Br)cc2)CC1c1ccc(Br)cc1. The van der Waals surface area contributed by atoms with E-state index in [4.69, 9.17) is 4.42 Å². The Kier molecular flexibility index (Phi) is 5.34. The van der Waals surface area contributed by atoms with Gasteiger partial charge in [-0.1, -0.05) is 56.1 Å². The summed E-state index contributed by atoms with van der Waals surface area (Å²) in [7, 11) is 0. The van der Waals surface area contributed by atoms with Gasteiger partial charge < -0.3 is 4.42 Å². The van der Waals surface area contributed by atoms with Gasteiger partial charge in [-0.05, 0) is 63.5 Å². The molecule has 4 rings (SSSR count). The third-order valence-corrected chi connectivity index (χ3v) is 5.82. The van der Waals surface area contributed by atoms with Crippen LogP contribution in [0.25, 0.3) is 0 Å². The number of rotatable bonds is 3. The highest BCUT2D eigenvalue weighted by atomic mass is 79.9. The molecule has 1 aromatic heterocycles. The predicted molar refractivity (Wildman–Crippen MR) is 115 cm³/mol. The van der Waals surface area contributed by atoms with Crippen LogP contribution in [0.5, 0.6) is 0 Å². The predicted octanol–water partition coefficient (Wildman–Crippen LogP) is 6.56. The largest absolute Gasteiger partial charge is 0.444 e. The van der Waals surface area contributed by atoms with E-state index in [0.717, 1.165) is 25.8 Å². The molecule has 1 aliphatic rings. The zero-order valence-corrected chi connectivity index (χ0v) is 18.7. The van der Waals surface area contributed by atoms with E-state index >= 15 is 0 Å². The van der Waals surface area contributed by atoms with E-state index in [2.05, 4.69) is 52.9 Å². The Morgan fingerprint density at radius 3 is 2.15 bits per heavy atom. The number of amides is 1. The topological polar surface area (TPSA) is 45.8 Å². The lowest BCUT2D eigenvalue weighted by Crippen LogP contribution is -2.26. The van der Waals surface area contributed by atoms with Crippen molar-refractivity contribution in [1.29, 1.82) is 0 Å².